The Balaban J connectivity index is 2.10. The van der Waals surface area contributed by atoms with Gasteiger partial charge in [-0.05, 0) is 61.9 Å². The predicted octanol–water partition coefficient (Wildman–Crippen LogP) is 4.01. The van der Waals surface area contributed by atoms with Crippen LogP contribution in [-0.4, -0.2) is 0 Å². The normalized spacial score (nSPS) is 18.2. The summed E-state index contributed by atoms with van der Waals surface area (Å²) in [7, 11) is 0. The zero-order chi connectivity index (χ0) is 10.1. The molecule has 1 aromatic rings. The van der Waals surface area contributed by atoms with Crippen molar-refractivity contribution in [3.8, 4) is 0 Å². The van der Waals surface area contributed by atoms with E-state index in [0.29, 0.717) is 0 Å². The number of nitrogens with two attached hydrogens (primary N) is 1. The van der Waals surface area contributed by atoms with E-state index in [4.69, 9.17) is 5.73 Å². The van der Waals surface area contributed by atoms with Crippen LogP contribution >= 0.6 is 31.9 Å². The zero-order valence-electron chi connectivity index (χ0n) is 7.84. The summed E-state index contributed by atoms with van der Waals surface area (Å²) in [6.45, 7) is 0. The van der Waals surface area contributed by atoms with E-state index < -0.39 is 0 Å². The van der Waals surface area contributed by atoms with Crippen molar-refractivity contribution in [3.05, 3.63) is 32.7 Å². The Hall–Kier alpha value is 0.140. The lowest BCUT2D eigenvalue weighted by molar-refractivity contribution is 0.597. The third-order valence-electron chi connectivity index (χ3n) is 2.66. The Labute approximate surface area is 101 Å². The summed E-state index contributed by atoms with van der Waals surface area (Å²) in [4.78, 5) is 0. The first-order chi connectivity index (χ1) is 6.66. The van der Waals surface area contributed by atoms with Gasteiger partial charge in [0.1, 0.15) is 0 Å². The lowest BCUT2D eigenvalue weighted by Gasteiger charge is -2.12. The molecule has 0 bridgehead atoms. The summed E-state index contributed by atoms with van der Waals surface area (Å²) >= 11 is 6.95. The third kappa shape index (κ3) is 2.59. The van der Waals surface area contributed by atoms with E-state index in [-0.39, 0.29) is 6.04 Å². The van der Waals surface area contributed by atoms with Crippen LogP contribution in [0.25, 0.3) is 0 Å². The highest BCUT2D eigenvalue weighted by molar-refractivity contribution is 9.13. The van der Waals surface area contributed by atoms with Crippen LogP contribution in [0.5, 0.6) is 0 Å². The van der Waals surface area contributed by atoms with Crippen molar-refractivity contribution >= 4 is 31.9 Å². The van der Waals surface area contributed by atoms with Crippen LogP contribution in [0.3, 0.4) is 0 Å². The molecule has 1 saturated carbocycles. The van der Waals surface area contributed by atoms with Gasteiger partial charge in [-0.25, -0.2) is 0 Å². The van der Waals surface area contributed by atoms with E-state index in [1.54, 1.807) is 0 Å². The number of hydrogen-bond donors (Lipinski definition) is 1. The maximum absolute atomic E-state index is 6.12. The molecule has 1 aromatic carbocycles. The molecule has 0 aromatic heterocycles. The third-order valence-corrected chi connectivity index (χ3v) is 4.54. The van der Waals surface area contributed by atoms with E-state index in [0.717, 1.165) is 21.3 Å². The quantitative estimate of drug-likeness (QED) is 0.895. The number of benzene rings is 1. The van der Waals surface area contributed by atoms with Gasteiger partial charge in [-0.1, -0.05) is 18.9 Å². The average Bonchev–Trinajstić information content (AvgIpc) is 2.93. The lowest BCUT2D eigenvalue weighted by Crippen LogP contribution is -2.10. The molecule has 0 saturated heterocycles. The molecule has 2 N–H and O–H groups in total. The van der Waals surface area contributed by atoms with Crippen LogP contribution < -0.4 is 5.73 Å². The van der Waals surface area contributed by atoms with Gasteiger partial charge in [0, 0.05) is 15.0 Å². The van der Waals surface area contributed by atoms with Crippen molar-refractivity contribution in [2.24, 2.45) is 11.7 Å². The number of halogens is 2. The zero-order valence-corrected chi connectivity index (χ0v) is 11.0. The molecule has 0 amide bonds. The molecular weight excluding hydrogens is 306 g/mol. The molecule has 0 radical (unpaired) electrons. The minimum atomic E-state index is 0.201. The van der Waals surface area contributed by atoms with Gasteiger partial charge in [-0.3, -0.25) is 0 Å². The van der Waals surface area contributed by atoms with E-state index in [2.05, 4.69) is 44.0 Å². The standard InChI is InChI=1S/C11H13Br2N/c12-9-4-3-8(6-10(9)13)11(14)5-7-1-2-7/h3-4,6-7,11H,1-2,5,14H2. The van der Waals surface area contributed by atoms with Gasteiger partial charge in [-0.2, -0.15) is 0 Å². The Kier molecular flexibility index (Phi) is 3.30. The summed E-state index contributed by atoms with van der Waals surface area (Å²) in [6.07, 6.45) is 3.87. The van der Waals surface area contributed by atoms with E-state index in [9.17, 15) is 0 Å². The molecule has 1 nitrogen and oxygen atoms in total. The number of rotatable bonds is 3. The van der Waals surface area contributed by atoms with Crippen LogP contribution in [0.15, 0.2) is 27.1 Å². The monoisotopic (exact) mass is 317 g/mol. The van der Waals surface area contributed by atoms with Gasteiger partial charge in [0.15, 0.2) is 0 Å². The highest BCUT2D eigenvalue weighted by atomic mass is 79.9. The Bertz CT molecular complexity index is 334. The van der Waals surface area contributed by atoms with Gasteiger partial charge in [0.25, 0.3) is 0 Å². The van der Waals surface area contributed by atoms with Crippen molar-refractivity contribution < 1.29 is 0 Å². The average molecular weight is 319 g/mol. The predicted molar refractivity (Wildman–Crippen MR) is 66.1 cm³/mol. The minimum Gasteiger partial charge on any atom is -0.324 e. The van der Waals surface area contributed by atoms with Crippen molar-refractivity contribution in [1.82, 2.24) is 0 Å². The minimum absolute atomic E-state index is 0.201. The molecule has 1 aliphatic rings. The molecule has 1 aliphatic carbocycles. The lowest BCUT2D eigenvalue weighted by atomic mass is 10.0. The van der Waals surface area contributed by atoms with Crippen LogP contribution in [0, 0.1) is 5.92 Å². The van der Waals surface area contributed by atoms with Crippen LogP contribution in [0.1, 0.15) is 30.9 Å². The molecule has 3 heteroatoms. The van der Waals surface area contributed by atoms with E-state index >= 15 is 0 Å². The van der Waals surface area contributed by atoms with Gasteiger partial charge < -0.3 is 5.73 Å². The largest absolute Gasteiger partial charge is 0.324 e. The Morgan fingerprint density at radius 2 is 2.00 bits per heavy atom. The van der Waals surface area contributed by atoms with Gasteiger partial charge in [-0.15, -0.1) is 0 Å². The summed E-state index contributed by atoms with van der Waals surface area (Å²) in [5.41, 5.74) is 7.35. The first kappa shape index (κ1) is 10.7. The van der Waals surface area contributed by atoms with Gasteiger partial charge >= 0.3 is 0 Å². The summed E-state index contributed by atoms with van der Waals surface area (Å²) in [5.74, 6) is 0.882. The molecule has 14 heavy (non-hydrogen) atoms. The van der Waals surface area contributed by atoms with Crippen LogP contribution in [-0.2, 0) is 0 Å². The summed E-state index contributed by atoms with van der Waals surface area (Å²) in [6, 6.07) is 6.46. The highest BCUT2D eigenvalue weighted by Gasteiger charge is 2.24. The van der Waals surface area contributed by atoms with Crippen molar-refractivity contribution in [2.45, 2.75) is 25.3 Å². The fourth-order valence-electron chi connectivity index (χ4n) is 1.59. The smallest absolute Gasteiger partial charge is 0.0320 e. The molecule has 1 fully saturated rings. The van der Waals surface area contributed by atoms with Crippen molar-refractivity contribution in [3.63, 3.8) is 0 Å². The maximum atomic E-state index is 6.12. The van der Waals surface area contributed by atoms with Crippen LogP contribution in [0.2, 0.25) is 0 Å². The van der Waals surface area contributed by atoms with Crippen LogP contribution in [0.4, 0.5) is 0 Å². The highest BCUT2D eigenvalue weighted by Crippen LogP contribution is 2.37. The second-order valence-electron chi connectivity index (χ2n) is 3.96. The molecular formula is C11H13Br2N. The second-order valence-corrected chi connectivity index (χ2v) is 5.67. The van der Waals surface area contributed by atoms with E-state index in [1.165, 1.54) is 18.4 Å². The maximum Gasteiger partial charge on any atom is 0.0320 e. The SMILES string of the molecule is NC(CC1CC1)c1ccc(Br)c(Br)c1. The molecule has 0 aliphatic heterocycles. The molecule has 76 valence electrons. The summed E-state index contributed by atoms with van der Waals surface area (Å²) < 4.78 is 2.17. The molecule has 0 spiro atoms. The first-order valence-corrected chi connectivity index (χ1v) is 6.46. The topological polar surface area (TPSA) is 26.0 Å². The summed E-state index contributed by atoms with van der Waals surface area (Å²) in [5, 5.41) is 0. The first-order valence-electron chi connectivity index (χ1n) is 4.87. The molecule has 2 rings (SSSR count). The van der Waals surface area contributed by atoms with Gasteiger partial charge in [0.2, 0.25) is 0 Å². The fraction of sp³-hybridized carbons (Fsp3) is 0.455. The fourth-order valence-corrected chi connectivity index (χ4v) is 2.23. The van der Waals surface area contributed by atoms with Crippen molar-refractivity contribution in [1.29, 1.82) is 0 Å². The molecule has 1 unspecified atom stereocenters. The molecule has 0 heterocycles. The van der Waals surface area contributed by atoms with E-state index in [1.807, 2.05) is 6.07 Å². The van der Waals surface area contributed by atoms with Crippen molar-refractivity contribution in [2.75, 3.05) is 0 Å². The second kappa shape index (κ2) is 4.33. The molecule has 1 atom stereocenters. The Morgan fingerprint density at radius 1 is 1.29 bits per heavy atom. The van der Waals surface area contributed by atoms with Gasteiger partial charge in [0.05, 0.1) is 0 Å². The number of hydrogen-bond acceptors (Lipinski definition) is 1. The Morgan fingerprint density at radius 3 is 2.57 bits per heavy atom.